The number of hydrogen-bond acceptors (Lipinski definition) is 4. The first-order valence-electron chi connectivity index (χ1n) is 7.07. The van der Waals surface area contributed by atoms with Crippen molar-refractivity contribution in [1.29, 1.82) is 0 Å². The molecule has 8 heteroatoms. The molecule has 0 radical (unpaired) electrons. The third-order valence-electron chi connectivity index (χ3n) is 3.68. The van der Waals surface area contributed by atoms with Crippen LogP contribution < -0.4 is 10.6 Å². The molecule has 0 aliphatic carbocycles. The minimum Gasteiger partial charge on any atom is -0.395 e. The van der Waals surface area contributed by atoms with E-state index in [2.05, 4.69) is 10.6 Å². The molecule has 1 fully saturated rings. The summed E-state index contributed by atoms with van der Waals surface area (Å²) in [6.07, 6.45) is -0.579. The zero-order valence-corrected chi connectivity index (χ0v) is 15.3. The summed E-state index contributed by atoms with van der Waals surface area (Å²) < 4.78 is 5.49. The highest BCUT2D eigenvalue weighted by atomic mass is 35.5. The molecule has 1 aromatic rings. The topological polar surface area (TPSA) is 70.6 Å². The Kier molecular flexibility index (Phi) is 7.58. The molecule has 1 aliphatic rings. The molecular formula is C15H21Cl3N2O3. The van der Waals surface area contributed by atoms with Crippen LogP contribution >= 0.6 is 35.6 Å². The maximum atomic E-state index is 12.3. The Morgan fingerprint density at radius 2 is 2.13 bits per heavy atom. The number of halogens is 3. The van der Waals surface area contributed by atoms with Gasteiger partial charge in [-0.1, -0.05) is 29.3 Å². The largest absolute Gasteiger partial charge is 0.395 e. The summed E-state index contributed by atoms with van der Waals surface area (Å²) in [5.74, 6) is -0.208. The van der Waals surface area contributed by atoms with Crippen LogP contribution in [0.1, 0.15) is 19.4 Å². The van der Waals surface area contributed by atoms with Crippen LogP contribution in [0.25, 0.3) is 0 Å². The Morgan fingerprint density at radius 1 is 1.43 bits per heavy atom. The van der Waals surface area contributed by atoms with Gasteiger partial charge in [-0.25, -0.2) is 0 Å². The molecule has 2 atom stereocenters. The van der Waals surface area contributed by atoms with Gasteiger partial charge in [0.1, 0.15) is 6.10 Å². The van der Waals surface area contributed by atoms with E-state index in [1.807, 2.05) is 19.9 Å². The molecule has 130 valence electrons. The number of aliphatic hydroxyl groups is 1. The molecule has 0 spiro atoms. The van der Waals surface area contributed by atoms with Crippen LogP contribution in [-0.2, 0) is 15.1 Å². The minimum absolute atomic E-state index is 0. The molecule has 1 aromatic carbocycles. The fraction of sp³-hybridized carbons (Fsp3) is 0.533. The van der Waals surface area contributed by atoms with Crippen molar-refractivity contribution < 1.29 is 14.6 Å². The van der Waals surface area contributed by atoms with Gasteiger partial charge in [0.25, 0.3) is 5.91 Å². The van der Waals surface area contributed by atoms with E-state index in [1.165, 1.54) is 0 Å². The molecule has 5 nitrogen and oxygen atoms in total. The number of ether oxygens (including phenoxy) is 1. The Hall–Kier alpha value is -0.560. The standard InChI is InChI=1S/C15H20Cl2N2O3.ClH/c1-15(2,9-3-4-11(16)12(17)5-9)19-14(21)13-6-18-10(7-20)8-22-13;/h3-5,10,13,18,20H,6-8H2,1-2H3,(H,19,21);1H/t10-,13+;/m1./s1. The average Bonchev–Trinajstić information content (AvgIpc) is 2.49. The van der Waals surface area contributed by atoms with Gasteiger partial charge in [0, 0.05) is 6.54 Å². The van der Waals surface area contributed by atoms with E-state index in [0.29, 0.717) is 23.2 Å². The molecule has 1 saturated heterocycles. The number of morpholine rings is 1. The average molecular weight is 384 g/mol. The van der Waals surface area contributed by atoms with Crippen molar-refractivity contribution in [2.24, 2.45) is 0 Å². The molecule has 2 rings (SSSR count). The third kappa shape index (κ3) is 5.21. The second-order valence-electron chi connectivity index (χ2n) is 5.85. The maximum absolute atomic E-state index is 12.3. The summed E-state index contributed by atoms with van der Waals surface area (Å²) in [7, 11) is 0. The second-order valence-corrected chi connectivity index (χ2v) is 6.67. The van der Waals surface area contributed by atoms with Crippen LogP contribution in [0.15, 0.2) is 18.2 Å². The zero-order chi connectivity index (χ0) is 16.3. The second kappa shape index (κ2) is 8.51. The van der Waals surface area contributed by atoms with Crippen LogP contribution in [0.5, 0.6) is 0 Å². The van der Waals surface area contributed by atoms with E-state index < -0.39 is 11.6 Å². The predicted molar refractivity (Wildman–Crippen MR) is 93.5 cm³/mol. The number of benzene rings is 1. The van der Waals surface area contributed by atoms with Crippen LogP contribution in [0.3, 0.4) is 0 Å². The minimum atomic E-state index is -0.609. The molecule has 1 amide bonds. The normalized spacial score (nSPS) is 21.4. The smallest absolute Gasteiger partial charge is 0.251 e. The van der Waals surface area contributed by atoms with Crippen molar-refractivity contribution >= 4 is 41.5 Å². The number of amides is 1. The van der Waals surface area contributed by atoms with Crippen molar-refractivity contribution in [3.8, 4) is 0 Å². The Morgan fingerprint density at radius 3 is 2.65 bits per heavy atom. The van der Waals surface area contributed by atoms with Gasteiger partial charge in [-0.05, 0) is 31.5 Å². The van der Waals surface area contributed by atoms with E-state index >= 15 is 0 Å². The van der Waals surface area contributed by atoms with Gasteiger partial charge in [0.05, 0.1) is 34.8 Å². The molecule has 0 saturated carbocycles. The van der Waals surface area contributed by atoms with Crippen molar-refractivity contribution in [3.05, 3.63) is 33.8 Å². The molecule has 0 aromatic heterocycles. The van der Waals surface area contributed by atoms with Gasteiger partial charge in [-0.3, -0.25) is 4.79 Å². The number of carbonyl (C=O) groups excluding carboxylic acids is 1. The SMILES string of the molecule is CC(C)(NC(=O)[C@@H]1CN[C@H](CO)CO1)c1ccc(Cl)c(Cl)c1.Cl. The highest BCUT2D eigenvalue weighted by Gasteiger charge is 2.31. The quantitative estimate of drug-likeness (QED) is 0.745. The highest BCUT2D eigenvalue weighted by molar-refractivity contribution is 6.42. The fourth-order valence-electron chi connectivity index (χ4n) is 2.26. The van der Waals surface area contributed by atoms with Gasteiger partial charge < -0.3 is 20.5 Å². The third-order valence-corrected chi connectivity index (χ3v) is 4.42. The Labute approximate surface area is 152 Å². The molecule has 0 unspecified atom stereocenters. The lowest BCUT2D eigenvalue weighted by Crippen LogP contribution is -2.55. The van der Waals surface area contributed by atoms with Crippen molar-refractivity contribution in [1.82, 2.24) is 10.6 Å². The van der Waals surface area contributed by atoms with Crippen molar-refractivity contribution in [2.75, 3.05) is 19.8 Å². The summed E-state index contributed by atoms with van der Waals surface area (Å²) in [6.45, 7) is 4.44. The molecule has 1 aliphatic heterocycles. The van der Waals surface area contributed by atoms with Gasteiger partial charge in [-0.15, -0.1) is 12.4 Å². The zero-order valence-electron chi connectivity index (χ0n) is 12.9. The van der Waals surface area contributed by atoms with Gasteiger partial charge in [-0.2, -0.15) is 0 Å². The number of rotatable bonds is 4. The van der Waals surface area contributed by atoms with Gasteiger partial charge >= 0.3 is 0 Å². The van der Waals surface area contributed by atoms with Gasteiger partial charge in [0.2, 0.25) is 0 Å². The fourth-order valence-corrected chi connectivity index (χ4v) is 2.55. The first-order chi connectivity index (χ1) is 10.3. The first-order valence-corrected chi connectivity index (χ1v) is 7.82. The van der Waals surface area contributed by atoms with E-state index in [0.717, 1.165) is 5.56 Å². The number of hydrogen-bond donors (Lipinski definition) is 3. The number of aliphatic hydroxyl groups excluding tert-OH is 1. The van der Waals surface area contributed by atoms with E-state index in [-0.39, 0.29) is 31.0 Å². The number of nitrogens with one attached hydrogen (secondary N) is 2. The van der Waals surface area contributed by atoms with E-state index in [1.54, 1.807) is 12.1 Å². The first kappa shape index (κ1) is 20.5. The molecule has 3 N–H and O–H groups in total. The molecule has 0 bridgehead atoms. The summed E-state index contributed by atoms with van der Waals surface area (Å²) >= 11 is 12.0. The van der Waals surface area contributed by atoms with Crippen molar-refractivity contribution in [3.63, 3.8) is 0 Å². The molecular weight excluding hydrogens is 363 g/mol. The summed E-state index contributed by atoms with van der Waals surface area (Å²) in [6, 6.07) is 5.16. The lowest BCUT2D eigenvalue weighted by Gasteiger charge is -2.33. The Balaban J connectivity index is 0.00000264. The molecule has 1 heterocycles. The summed E-state index contributed by atoms with van der Waals surface area (Å²) in [5, 5.41) is 16.0. The Bertz CT molecular complexity index is 547. The maximum Gasteiger partial charge on any atom is 0.251 e. The van der Waals surface area contributed by atoms with E-state index in [4.69, 9.17) is 33.0 Å². The number of carbonyl (C=O) groups is 1. The molecule has 23 heavy (non-hydrogen) atoms. The lowest BCUT2D eigenvalue weighted by atomic mass is 9.94. The van der Waals surface area contributed by atoms with Crippen LogP contribution in [0.4, 0.5) is 0 Å². The van der Waals surface area contributed by atoms with Crippen LogP contribution in [0, 0.1) is 0 Å². The van der Waals surface area contributed by atoms with Gasteiger partial charge in [0.15, 0.2) is 0 Å². The lowest BCUT2D eigenvalue weighted by molar-refractivity contribution is -0.137. The predicted octanol–water partition coefficient (Wildman–Crippen LogP) is 2.12. The van der Waals surface area contributed by atoms with Crippen LogP contribution in [0.2, 0.25) is 10.0 Å². The highest BCUT2D eigenvalue weighted by Crippen LogP contribution is 2.28. The van der Waals surface area contributed by atoms with E-state index in [9.17, 15) is 4.79 Å². The van der Waals surface area contributed by atoms with Crippen LogP contribution in [-0.4, -0.2) is 42.9 Å². The summed E-state index contributed by atoms with van der Waals surface area (Å²) in [4.78, 5) is 12.3. The summed E-state index contributed by atoms with van der Waals surface area (Å²) in [5.41, 5.74) is 0.245. The monoisotopic (exact) mass is 382 g/mol. The van der Waals surface area contributed by atoms with Crippen molar-refractivity contribution in [2.45, 2.75) is 31.5 Å².